The molecule has 1 aromatic carbocycles. The second-order valence-corrected chi connectivity index (χ2v) is 6.29. The largest absolute Gasteiger partial charge is 0.322 e. The molecule has 112 valence electrons. The zero-order chi connectivity index (χ0) is 15.6. The summed E-state index contributed by atoms with van der Waals surface area (Å²) >= 11 is 1.39. The van der Waals surface area contributed by atoms with Crippen molar-refractivity contribution in [2.24, 2.45) is 7.05 Å². The Morgan fingerprint density at radius 3 is 2.48 bits per heavy atom. The van der Waals surface area contributed by atoms with Gasteiger partial charge >= 0.3 is 0 Å². The summed E-state index contributed by atoms with van der Waals surface area (Å²) < 4.78 is 14.6. The number of benzene rings is 1. The van der Waals surface area contributed by atoms with E-state index in [0.29, 0.717) is 0 Å². The lowest BCUT2D eigenvalue weighted by Gasteiger charge is -2.12. The maximum Gasteiger partial charge on any atom is 0.237 e. The van der Waals surface area contributed by atoms with Gasteiger partial charge in [0.2, 0.25) is 5.91 Å². The lowest BCUT2D eigenvalue weighted by molar-refractivity contribution is -0.115. The average Bonchev–Trinajstić information content (AvgIpc) is 2.68. The first-order chi connectivity index (χ1) is 9.88. The molecule has 0 aliphatic carbocycles. The number of aryl methyl sites for hydroxylation is 2. The fourth-order valence-electron chi connectivity index (χ4n) is 1.95. The average molecular weight is 307 g/mol. The molecular weight excluding hydrogens is 289 g/mol. The predicted molar refractivity (Wildman–Crippen MR) is 83.0 cm³/mol. The van der Waals surface area contributed by atoms with Gasteiger partial charge in [-0.1, -0.05) is 0 Å². The molecule has 1 N–H and O–H groups in total. The minimum absolute atomic E-state index is 0.0940. The van der Waals surface area contributed by atoms with Gasteiger partial charge < -0.3 is 5.32 Å². The van der Waals surface area contributed by atoms with Crippen LogP contribution in [0.15, 0.2) is 29.2 Å². The van der Waals surface area contributed by atoms with Gasteiger partial charge in [0.1, 0.15) is 5.82 Å². The number of rotatable bonds is 4. The highest BCUT2D eigenvalue weighted by molar-refractivity contribution is 8.00. The Hall–Kier alpha value is -1.82. The summed E-state index contributed by atoms with van der Waals surface area (Å²) in [6.07, 6.45) is 0. The number of aromatic nitrogens is 2. The zero-order valence-electron chi connectivity index (χ0n) is 12.5. The van der Waals surface area contributed by atoms with Crippen molar-refractivity contribution in [3.8, 4) is 0 Å². The fraction of sp³-hybridized carbons (Fsp3) is 0.333. The van der Waals surface area contributed by atoms with Crippen molar-refractivity contribution in [3.05, 3.63) is 41.5 Å². The van der Waals surface area contributed by atoms with Gasteiger partial charge in [-0.25, -0.2) is 4.39 Å². The molecular formula is C15H18FN3OS. The van der Waals surface area contributed by atoms with Crippen molar-refractivity contribution >= 4 is 23.4 Å². The standard InChI is InChI=1S/C15H18FN3OS/c1-9-14(10(2)19(4)18-9)17-15(20)11(3)21-13-7-5-12(16)6-8-13/h5-8,11H,1-4H3,(H,17,20)/t11-/m0/s1. The van der Waals surface area contributed by atoms with E-state index in [1.54, 1.807) is 16.8 Å². The molecule has 0 aliphatic rings. The minimum Gasteiger partial charge on any atom is -0.322 e. The van der Waals surface area contributed by atoms with Crippen molar-refractivity contribution < 1.29 is 9.18 Å². The van der Waals surface area contributed by atoms with Crippen molar-refractivity contribution in [1.82, 2.24) is 9.78 Å². The number of nitrogens with one attached hydrogen (secondary N) is 1. The Balaban J connectivity index is 2.04. The summed E-state index contributed by atoms with van der Waals surface area (Å²) in [5, 5.41) is 6.90. The SMILES string of the molecule is Cc1nn(C)c(C)c1NC(=O)[C@H](C)Sc1ccc(F)cc1. The number of thioether (sulfide) groups is 1. The van der Waals surface area contributed by atoms with Crippen LogP contribution in [0.2, 0.25) is 0 Å². The van der Waals surface area contributed by atoms with Crippen LogP contribution < -0.4 is 5.32 Å². The molecule has 4 nitrogen and oxygen atoms in total. The monoisotopic (exact) mass is 307 g/mol. The third kappa shape index (κ3) is 3.64. The number of amides is 1. The Kier molecular flexibility index (Phi) is 4.67. The van der Waals surface area contributed by atoms with Gasteiger partial charge in [0.25, 0.3) is 0 Å². The summed E-state index contributed by atoms with van der Waals surface area (Å²) in [5.74, 6) is -0.374. The van der Waals surface area contributed by atoms with Crippen LogP contribution in [0.3, 0.4) is 0 Å². The number of hydrogen-bond acceptors (Lipinski definition) is 3. The van der Waals surface area contributed by atoms with Crippen LogP contribution in [0.5, 0.6) is 0 Å². The van der Waals surface area contributed by atoms with Gasteiger partial charge in [-0.15, -0.1) is 11.8 Å². The van der Waals surface area contributed by atoms with Crippen LogP contribution >= 0.6 is 11.8 Å². The Morgan fingerprint density at radius 2 is 1.95 bits per heavy atom. The first-order valence-electron chi connectivity index (χ1n) is 6.61. The van der Waals surface area contributed by atoms with Crippen molar-refractivity contribution in [1.29, 1.82) is 0 Å². The minimum atomic E-state index is -0.283. The summed E-state index contributed by atoms with van der Waals surface area (Å²) in [4.78, 5) is 13.1. The second kappa shape index (κ2) is 6.30. The number of carbonyl (C=O) groups excluding carboxylic acids is 1. The third-order valence-electron chi connectivity index (χ3n) is 3.25. The first kappa shape index (κ1) is 15.6. The maximum atomic E-state index is 12.9. The second-order valence-electron chi connectivity index (χ2n) is 4.87. The van der Waals surface area contributed by atoms with E-state index in [1.165, 1.54) is 23.9 Å². The van der Waals surface area contributed by atoms with Gasteiger partial charge in [-0.05, 0) is 45.0 Å². The van der Waals surface area contributed by atoms with Crippen LogP contribution in [0.1, 0.15) is 18.3 Å². The molecule has 0 spiro atoms. The lowest BCUT2D eigenvalue weighted by atomic mass is 10.3. The van der Waals surface area contributed by atoms with E-state index >= 15 is 0 Å². The topological polar surface area (TPSA) is 46.9 Å². The molecule has 2 rings (SSSR count). The van der Waals surface area contributed by atoms with Crippen molar-refractivity contribution in [2.75, 3.05) is 5.32 Å². The van der Waals surface area contributed by atoms with E-state index < -0.39 is 0 Å². The molecule has 1 amide bonds. The number of halogens is 1. The van der Waals surface area contributed by atoms with Crippen LogP contribution in [-0.4, -0.2) is 20.9 Å². The molecule has 0 radical (unpaired) electrons. The summed E-state index contributed by atoms with van der Waals surface area (Å²) in [7, 11) is 1.84. The van der Waals surface area contributed by atoms with Gasteiger partial charge in [-0.2, -0.15) is 5.10 Å². The van der Waals surface area contributed by atoms with E-state index in [0.717, 1.165) is 22.0 Å². The van der Waals surface area contributed by atoms with Crippen molar-refractivity contribution in [2.45, 2.75) is 30.9 Å². The summed E-state index contributed by atoms with van der Waals surface area (Å²) in [6, 6.07) is 6.12. The lowest BCUT2D eigenvalue weighted by Crippen LogP contribution is -2.23. The van der Waals surface area contributed by atoms with E-state index in [2.05, 4.69) is 10.4 Å². The van der Waals surface area contributed by atoms with Crippen LogP contribution in [0.4, 0.5) is 10.1 Å². The molecule has 0 bridgehead atoms. The Labute approximate surface area is 127 Å². The molecule has 1 aromatic heterocycles. The normalized spacial score (nSPS) is 12.2. The van der Waals surface area contributed by atoms with Crippen LogP contribution in [0.25, 0.3) is 0 Å². The molecule has 6 heteroatoms. The number of anilines is 1. The van der Waals surface area contributed by atoms with Gasteiger partial charge in [-0.3, -0.25) is 9.48 Å². The van der Waals surface area contributed by atoms with E-state index in [9.17, 15) is 9.18 Å². The Morgan fingerprint density at radius 1 is 1.33 bits per heavy atom. The highest BCUT2D eigenvalue weighted by Crippen LogP contribution is 2.25. The smallest absolute Gasteiger partial charge is 0.237 e. The Bertz CT molecular complexity index is 652. The molecule has 0 fully saturated rings. The molecule has 21 heavy (non-hydrogen) atoms. The van der Waals surface area contributed by atoms with E-state index in [1.807, 2.05) is 27.8 Å². The van der Waals surface area contributed by atoms with Crippen molar-refractivity contribution in [3.63, 3.8) is 0 Å². The quantitative estimate of drug-likeness (QED) is 0.882. The van der Waals surface area contributed by atoms with E-state index in [-0.39, 0.29) is 17.0 Å². The predicted octanol–water partition coefficient (Wildman–Crippen LogP) is 3.30. The highest BCUT2D eigenvalue weighted by Gasteiger charge is 2.18. The summed E-state index contributed by atoms with van der Waals surface area (Å²) in [6.45, 7) is 5.60. The van der Waals surface area contributed by atoms with Gasteiger partial charge in [0.15, 0.2) is 0 Å². The van der Waals surface area contributed by atoms with E-state index in [4.69, 9.17) is 0 Å². The van der Waals surface area contributed by atoms with Crippen LogP contribution in [0, 0.1) is 19.7 Å². The fourth-order valence-corrected chi connectivity index (χ4v) is 2.82. The first-order valence-corrected chi connectivity index (χ1v) is 7.49. The molecule has 0 saturated heterocycles. The van der Waals surface area contributed by atoms with Crippen LogP contribution in [-0.2, 0) is 11.8 Å². The number of carbonyl (C=O) groups is 1. The molecule has 0 aliphatic heterocycles. The number of nitrogens with zero attached hydrogens (tertiary/aromatic N) is 2. The molecule has 1 heterocycles. The van der Waals surface area contributed by atoms with Gasteiger partial charge in [0.05, 0.1) is 22.3 Å². The summed E-state index contributed by atoms with van der Waals surface area (Å²) in [5.41, 5.74) is 2.47. The molecule has 1 atom stereocenters. The molecule has 0 unspecified atom stereocenters. The van der Waals surface area contributed by atoms with Gasteiger partial charge in [0, 0.05) is 11.9 Å². The highest BCUT2D eigenvalue weighted by atomic mass is 32.2. The third-order valence-corrected chi connectivity index (χ3v) is 4.36. The maximum absolute atomic E-state index is 12.9. The molecule has 0 saturated carbocycles. The molecule has 2 aromatic rings. The zero-order valence-corrected chi connectivity index (χ0v) is 13.3. The number of hydrogen-bond donors (Lipinski definition) is 1.